The number of nitrogens with one attached hydrogen (secondary N) is 1. The number of nitrogens with two attached hydrogens (primary N) is 1. The topological polar surface area (TPSA) is 55.1 Å². The molecule has 4 bridgehead atoms. The molecule has 0 saturated heterocycles. The first kappa shape index (κ1) is 15.3. The average Bonchev–Trinajstić information content (AvgIpc) is 2.34. The summed E-state index contributed by atoms with van der Waals surface area (Å²) < 4.78 is 0. The average molecular weight is 292 g/mol. The molecule has 0 radical (unpaired) electrons. The molecule has 1 atom stereocenters. The van der Waals surface area contributed by atoms with Crippen LogP contribution < -0.4 is 11.1 Å². The van der Waals surface area contributed by atoms with Crippen LogP contribution in [0.15, 0.2) is 0 Å². The molecule has 4 fully saturated rings. The Hall–Kier alpha value is -0.570. The minimum absolute atomic E-state index is 0.156. The summed E-state index contributed by atoms with van der Waals surface area (Å²) in [5.41, 5.74) is 6.01. The summed E-state index contributed by atoms with van der Waals surface area (Å²) in [5.74, 6) is 3.88. The van der Waals surface area contributed by atoms with E-state index in [9.17, 15) is 4.79 Å². The fourth-order valence-electron chi connectivity index (χ4n) is 5.80. The van der Waals surface area contributed by atoms with Gasteiger partial charge in [0.15, 0.2) is 0 Å². The third-order valence-corrected chi connectivity index (χ3v) is 6.05. The summed E-state index contributed by atoms with van der Waals surface area (Å²) in [7, 11) is 0. The van der Waals surface area contributed by atoms with E-state index in [1.807, 2.05) is 0 Å². The Labute approximate surface area is 129 Å². The largest absolute Gasteiger partial charge is 0.351 e. The van der Waals surface area contributed by atoms with E-state index in [-0.39, 0.29) is 11.4 Å². The molecule has 0 aromatic rings. The van der Waals surface area contributed by atoms with Crippen LogP contribution in [0.1, 0.15) is 65.2 Å². The van der Waals surface area contributed by atoms with Crippen LogP contribution in [0.3, 0.4) is 0 Å². The van der Waals surface area contributed by atoms with Gasteiger partial charge in [-0.15, -0.1) is 0 Å². The van der Waals surface area contributed by atoms with Crippen molar-refractivity contribution in [3.63, 3.8) is 0 Å². The second-order valence-electron chi connectivity index (χ2n) is 8.68. The molecule has 4 saturated carbocycles. The molecule has 3 heteroatoms. The third-order valence-electron chi connectivity index (χ3n) is 6.05. The van der Waals surface area contributed by atoms with Crippen molar-refractivity contribution < 1.29 is 4.79 Å². The van der Waals surface area contributed by atoms with Crippen LogP contribution in [0, 0.1) is 29.6 Å². The van der Waals surface area contributed by atoms with Crippen molar-refractivity contribution in [2.45, 2.75) is 70.8 Å². The highest BCUT2D eigenvalue weighted by Crippen LogP contribution is 2.55. The molecule has 120 valence electrons. The van der Waals surface area contributed by atoms with Gasteiger partial charge in [0.25, 0.3) is 0 Å². The van der Waals surface area contributed by atoms with Crippen LogP contribution in [0.5, 0.6) is 0 Å². The third kappa shape index (κ3) is 3.44. The zero-order valence-electron chi connectivity index (χ0n) is 13.7. The quantitative estimate of drug-likeness (QED) is 0.790. The summed E-state index contributed by atoms with van der Waals surface area (Å²) in [4.78, 5) is 12.5. The molecule has 3 nitrogen and oxygen atoms in total. The van der Waals surface area contributed by atoms with Gasteiger partial charge >= 0.3 is 0 Å². The number of carbonyl (C=O) groups excluding carboxylic acids is 1. The van der Waals surface area contributed by atoms with Crippen molar-refractivity contribution >= 4 is 5.91 Å². The van der Waals surface area contributed by atoms with E-state index in [1.165, 1.54) is 38.5 Å². The van der Waals surface area contributed by atoms with Crippen molar-refractivity contribution in [3.05, 3.63) is 0 Å². The lowest BCUT2D eigenvalue weighted by Gasteiger charge is -2.57. The predicted octanol–water partition coefficient (Wildman–Crippen LogP) is 3.08. The summed E-state index contributed by atoms with van der Waals surface area (Å²) >= 11 is 0. The van der Waals surface area contributed by atoms with Crippen molar-refractivity contribution in [2.24, 2.45) is 35.3 Å². The molecule has 21 heavy (non-hydrogen) atoms. The van der Waals surface area contributed by atoms with E-state index in [0.717, 1.165) is 24.2 Å². The van der Waals surface area contributed by atoms with Crippen molar-refractivity contribution in [3.8, 4) is 0 Å². The standard InChI is InChI=1S/C18H32N2O/c1-12(2)3-16(11-19)7-17(21)20-18-8-13-4-14(9-18)6-15(5-13)10-18/h12-16H,3-11,19H2,1-2H3,(H,20,21)/t13?,14?,15?,16-,18?/m0/s1. The molecule has 3 N–H and O–H groups in total. The molecule has 0 aromatic carbocycles. The predicted molar refractivity (Wildman–Crippen MR) is 85.7 cm³/mol. The van der Waals surface area contributed by atoms with Gasteiger partial charge < -0.3 is 11.1 Å². The number of amides is 1. The van der Waals surface area contributed by atoms with Crippen molar-refractivity contribution in [1.82, 2.24) is 5.32 Å². The van der Waals surface area contributed by atoms with Crippen LogP contribution in [0.25, 0.3) is 0 Å². The summed E-state index contributed by atoms with van der Waals surface area (Å²) in [5, 5.41) is 3.47. The van der Waals surface area contributed by atoms with Crippen LogP contribution in [-0.4, -0.2) is 18.0 Å². The lowest BCUT2D eigenvalue weighted by atomic mass is 9.53. The second-order valence-corrected chi connectivity index (χ2v) is 8.68. The van der Waals surface area contributed by atoms with Gasteiger partial charge in [0.2, 0.25) is 5.91 Å². The van der Waals surface area contributed by atoms with Crippen LogP contribution in [-0.2, 0) is 4.79 Å². The van der Waals surface area contributed by atoms with Crippen molar-refractivity contribution in [2.75, 3.05) is 6.54 Å². The first-order valence-electron chi connectivity index (χ1n) is 8.99. The highest BCUT2D eigenvalue weighted by atomic mass is 16.1. The molecule has 0 spiro atoms. The van der Waals surface area contributed by atoms with Gasteiger partial charge in [0.1, 0.15) is 0 Å². The zero-order chi connectivity index (χ0) is 15.0. The van der Waals surface area contributed by atoms with Gasteiger partial charge in [0, 0.05) is 12.0 Å². The molecule has 4 aliphatic carbocycles. The van der Waals surface area contributed by atoms with Gasteiger partial charge in [-0.25, -0.2) is 0 Å². The van der Waals surface area contributed by atoms with Gasteiger partial charge in [-0.05, 0) is 81.1 Å². The maximum Gasteiger partial charge on any atom is 0.220 e. The maximum atomic E-state index is 12.5. The summed E-state index contributed by atoms with van der Waals surface area (Å²) in [6, 6.07) is 0. The Morgan fingerprint density at radius 2 is 1.67 bits per heavy atom. The highest BCUT2D eigenvalue weighted by molar-refractivity contribution is 5.77. The van der Waals surface area contributed by atoms with E-state index < -0.39 is 0 Å². The highest BCUT2D eigenvalue weighted by Gasteiger charge is 2.51. The van der Waals surface area contributed by atoms with Crippen LogP contribution in [0.2, 0.25) is 0 Å². The first-order chi connectivity index (χ1) is 9.98. The van der Waals surface area contributed by atoms with E-state index in [1.54, 1.807) is 0 Å². The number of hydrogen-bond donors (Lipinski definition) is 2. The lowest BCUT2D eigenvalue weighted by molar-refractivity contribution is -0.127. The minimum atomic E-state index is 0.156. The molecule has 0 unspecified atom stereocenters. The van der Waals surface area contributed by atoms with Crippen LogP contribution >= 0.6 is 0 Å². The smallest absolute Gasteiger partial charge is 0.220 e. The fraction of sp³-hybridized carbons (Fsp3) is 0.944. The summed E-state index contributed by atoms with van der Waals surface area (Å²) in [6.45, 7) is 5.05. The van der Waals surface area contributed by atoms with Crippen LogP contribution in [0.4, 0.5) is 0 Å². The number of rotatable bonds is 6. The van der Waals surface area contributed by atoms with E-state index in [4.69, 9.17) is 5.73 Å². The lowest BCUT2D eigenvalue weighted by Crippen LogP contribution is -2.60. The van der Waals surface area contributed by atoms with E-state index in [2.05, 4.69) is 19.2 Å². The van der Waals surface area contributed by atoms with E-state index >= 15 is 0 Å². The normalized spacial score (nSPS) is 38.8. The van der Waals surface area contributed by atoms with Gasteiger partial charge in [-0.2, -0.15) is 0 Å². The number of hydrogen-bond acceptors (Lipinski definition) is 2. The van der Waals surface area contributed by atoms with Gasteiger partial charge in [-0.3, -0.25) is 4.79 Å². The Morgan fingerprint density at radius 1 is 1.14 bits per heavy atom. The Morgan fingerprint density at radius 3 is 2.10 bits per heavy atom. The van der Waals surface area contributed by atoms with Gasteiger partial charge in [-0.1, -0.05) is 13.8 Å². The molecule has 1 amide bonds. The summed E-state index contributed by atoms with van der Waals surface area (Å²) in [6.07, 6.45) is 9.67. The molecule has 4 rings (SSSR count). The van der Waals surface area contributed by atoms with E-state index in [0.29, 0.717) is 24.8 Å². The molecule has 0 heterocycles. The SMILES string of the molecule is CC(C)C[C@H](CN)CC(=O)NC12CC3CC(CC(C3)C1)C2. The Bertz CT molecular complexity index is 355. The molecule has 0 aromatic heterocycles. The van der Waals surface area contributed by atoms with Crippen molar-refractivity contribution in [1.29, 1.82) is 0 Å². The second kappa shape index (κ2) is 5.91. The zero-order valence-corrected chi connectivity index (χ0v) is 13.7. The minimum Gasteiger partial charge on any atom is -0.351 e. The Kier molecular flexibility index (Phi) is 4.31. The molecule has 4 aliphatic rings. The van der Waals surface area contributed by atoms with Gasteiger partial charge in [0.05, 0.1) is 0 Å². The maximum absolute atomic E-state index is 12.5. The number of carbonyl (C=O) groups is 1. The molecular weight excluding hydrogens is 260 g/mol. The fourth-order valence-corrected chi connectivity index (χ4v) is 5.80. The Balaban J connectivity index is 1.57. The molecular formula is C18H32N2O. The molecule has 0 aliphatic heterocycles. The monoisotopic (exact) mass is 292 g/mol. The first-order valence-corrected chi connectivity index (χ1v) is 8.99.